The van der Waals surface area contributed by atoms with Crippen molar-refractivity contribution in [3.05, 3.63) is 77.1 Å². The van der Waals surface area contributed by atoms with E-state index in [-0.39, 0.29) is 29.4 Å². The molecule has 2 aromatic carbocycles. The van der Waals surface area contributed by atoms with Gasteiger partial charge in [0.2, 0.25) is 11.8 Å². The predicted octanol–water partition coefficient (Wildman–Crippen LogP) is 3.42. The van der Waals surface area contributed by atoms with Gasteiger partial charge in [0.15, 0.2) is 0 Å². The zero-order valence-electron chi connectivity index (χ0n) is 20.6. The van der Waals surface area contributed by atoms with Crippen LogP contribution < -0.4 is 10.8 Å². The molecule has 0 aromatic heterocycles. The number of unbranched alkanes of at least 4 members (excludes halogenated alkanes) is 2. The molecule has 1 heterocycles. The number of benzene rings is 2. The highest BCUT2D eigenvalue weighted by atomic mass is 19.1. The highest BCUT2D eigenvalue weighted by Gasteiger charge is 2.23. The normalized spacial score (nSPS) is 14.0. The zero-order valence-corrected chi connectivity index (χ0v) is 20.6. The summed E-state index contributed by atoms with van der Waals surface area (Å²) in [5.41, 5.74) is 3.65. The SMILES string of the molecule is O=C(C=Cc1ccc(C=C(C(=O)N2CCOCC2)c2ccccc2F)cc1)NCCCCCC(=O)NO. The van der Waals surface area contributed by atoms with Gasteiger partial charge in [-0.05, 0) is 42.2 Å². The summed E-state index contributed by atoms with van der Waals surface area (Å²) in [6.45, 7) is 2.31. The van der Waals surface area contributed by atoms with Gasteiger partial charge in [-0.15, -0.1) is 0 Å². The summed E-state index contributed by atoms with van der Waals surface area (Å²) < 4.78 is 19.9. The number of halogens is 1. The Bertz CT molecular complexity index is 1120. The van der Waals surface area contributed by atoms with Crippen LogP contribution in [0, 0.1) is 5.82 Å². The van der Waals surface area contributed by atoms with E-state index in [2.05, 4.69) is 5.32 Å². The molecular formula is C28H32FN3O5. The molecule has 1 aliphatic heterocycles. The van der Waals surface area contributed by atoms with Gasteiger partial charge in [-0.3, -0.25) is 19.6 Å². The molecule has 3 rings (SSSR count). The second kappa shape index (κ2) is 14.7. The van der Waals surface area contributed by atoms with E-state index in [1.165, 1.54) is 12.1 Å². The third-order valence-electron chi connectivity index (χ3n) is 5.87. The zero-order chi connectivity index (χ0) is 26.5. The van der Waals surface area contributed by atoms with Crippen LogP contribution in [0.5, 0.6) is 0 Å². The average molecular weight is 510 g/mol. The van der Waals surface area contributed by atoms with E-state index in [0.29, 0.717) is 39.3 Å². The number of carbonyl (C=O) groups is 3. The molecule has 0 atom stereocenters. The minimum Gasteiger partial charge on any atom is -0.378 e. The average Bonchev–Trinajstić information content (AvgIpc) is 2.93. The lowest BCUT2D eigenvalue weighted by molar-refractivity contribution is -0.129. The van der Waals surface area contributed by atoms with Crippen molar-refractivity contribution in [2.75, 3.05) is 32.8 Å². The Morgan fingerprint density at radius 3 is 2.38 bits per heavy atom. The molecule has 0 spiro atoms. The summed E-state index contributed by atoms with van der Waals surface area (Å²) in [4.78, 5) is 37.9. The molecule has 37 heavy (non-hydrogen) atoms. The molecule has 196 valence electrons. The van der Waals surface area contributed by atoms with E-state index in [0.717, 1.165) is 24.0 Å². The van der Waals surface area contributed by atoms with Gasteiger partial charge < -0.3 is 15.0 Å². The van der Waals surface area contributed by atoms with Crippen molar-refractivity contribution >= 4 is 35.4 Å². The number of rotatable bonds is 11. The number of amides is 3. The third kappa shape index (κ3) is 8.96. The van der Waals surface area contributed by atoms with E-state index < -0.39 is 11.7 Å². The Kier molecular flexibility index (Phi) is 11.0. The number of hydrogen-bond donors (Lipinski definition) is 3. The Morgan fingerprint density at radius 1 is 0.973 bits per heavy atom. The summed E-state index contributed by atoms with van der Waals surface area (Å²) in [6.07, 6.45) is 7.18. The first-order valence-corrected chi connectivity index (χ1v) is 12.3. The second-order valence-corrected chi connectivity index (χ2v) is 8.58. The fourth-order valence-electron chi connectivity index (χ4n) is 3.83. The van der Waals surface area contributed by atoms with E-state index >= 15 is 0 Å². The molecule has 1 aliphatic rings. The van der Waals surface area contributed by atoms with Crippen molar-refractivity contribution in [1.29, 1.82) is 0 Å². The fourth-order valence-corrected chi connectivity index (χ4v) is 3.83. The number of morpholine rings is 1. The number of carbonyl (C=O) groups excluding carboxylic acids is 3. The van der Waals surface area contributed by atoms with Crippen molar-refractivity contribution in [3.8, 4) is 0 Å². The van der Waals surface area contributed by atoms with Crippen LogP contribution >= 0.6 is 0 Å². The number of hydroxylamine groups is 1. The highest BCUT2D eigenvalue weighted by Crippen LogP contribution is 2.24. The van der Waals surface area contributed by atoms with Gasteiger partial charge in [0.1, 0.15) is 5.82 Å². The summed E-state index contributed by atoms with van der Waals surface area (Å²) in [7, 11) is 0. The Balaban J connectivity index is 1.61. The van der Waals surface area contributed by atoms with E-state index in [1.54, 1.807) is 40.7 Å². The summed E-state index contributed by atoms with van der Waals surface area (Å²) >= 11 is 0. The maximum absolute atomic E-state index is 14.6. The Labute approximate surface area is 215 Å². The van der Waals surface area contributed by atoms with Gasteiger partial charge in [0.25, 0.3) is 5.91 Å². The molecule has 3 amide bonds. The molecule has 0 aliphatic carbocycles. The van der Waals surface area contributed by atoms with Crippen molar-refractivity contribution in [1.82, 2.24) is 15.7 Å². The van der Waals surface area contributed by atoms with E-state index in [1.807, 2.05) is 24.3 Å². The van der Waals surface area contributed by atoms with Crippen LogP contribution in [0.15, 0.2) is 54.6 Å². The summed E-state index contributed by atoms with van der Waals surface area (Å²) in [5.74, 6) is -1.35. The van der Waals surface area contributed by atoms with Gasteiger partial charge in [0, 0.05) is 37.7 Å². The van der Waals surface area contributed by atoms with Crippen LogP contribution in [-0.2, 0) is 19.1 Å². The first kappa shape index (κ1) is 27.8. The second-order valence-electron chi connectivity index (χ2n) is 8.58. The third-order valence-corrected chi connectivity index (χ3v) is 5.87. The fraction of sp³-hybridized carbons (Fsp3) is 0.321. The molecule has 1 saturated heterocycles. The van der Waals surface area contributed by atoms with E-state index in [4.69, 9.17) is 9.94 Å². The molecule has 0 bridgehead atoms. The molecule has 1 fully saturated rings. The van der Waals surface area contributed by atoms with Crippen LogP contribution in [0.1, 0.15) is 42.4 Å². The maximum Gasteiger partial charge on any atom is 0.254 e. The summed E-state index contributed by atoms with van der Waals surface area (Å²) in [5, 5.41) is 11.2. The monoisotopic (exact) mass is 509 g/mol. The summed E-state index contributed by atoms with van der Waals surface area (Å²) in [6, 6.07) is 13.5. The predicted molar refractivity (Wildman–Crippen MR) is 139 cm³/mol. The molecule has 9 heteroatoms. The van der Waals surface area contributed by atoms with Crippen molar-refractivity contribution in [2.45, 2.75) is 25.7 Å². The quantitative estimate of drug-likeness (QED) is 0.141. The minimum atomic E-state index is -0.461. The first-order valence-electron chi connectivity index (χ1n) is 12.3. The molecular weight excluding hydrogens is 477 g/mol. The minimum absolute atomic E-state index is 0.227. The lowest BCUT2D eigenvalue weighted by atomic mass is 10.00. The van der Waals surface area contributed by atoms with Crippen molar-refractivity contribution in [2.24, 2.45) is 0 Å². The molecule has 3 N–H and O–H groups in total. The molecule has 0 radical (unpaired) electrons. The lowest BCUT2D eigenvalue weighted by Gasteiger charge is -2.28. The largest absolute Gasteiger partial charge is 0.378 e. The molecule has 0 saturated carbocycles. The Hall–Kier alpha value is -3.82. The van der Waals surface area contributed by atoms with Crippen molar-refractivity contribution < 1.29 is 28.7 Å². The molecule has 8 nitrogen and oxygen atoms in total. The molecule has 0 unspecified atom stereocenters. The van der Waals surface area contributed by atoms with Gasteiger partial charge in [-0.25, -0.2) is 9.87 Å². The van der Waals surface area contributed by atoms with Crippen LogP contribution in [0.3, 0.4) is 0 Å². The van der Waals surface area contributed by atoms with Gasteiger partial charge >= 0.3 is 0 Å². The Morgan fingerprint density at radius 2 is 1.68 bits per heavy atom. The number of hydrogen-bond acceptors (Lipinski definition) is 5. The number of nitrogens with zero attached hydrogens (tertiary/aromatic N) is 1. The smallest absolute Gasteiger partial charge is 0.254 e. The standard InChI is InChI=1S/C28H32FN3O5/c29-25-7-4-3-6-23(25)24(28(35)32-16-18-37-19-17-32)20-22-11-9-21(10-12-22)13-14-26(33)30-15-5-1-2-8-27(34)31-36/h3-4,6-7,9-14,20,36H,1-2,5,8,15-19H2,(H,30,33)(H,31,34). The van der Waals surface area contributed by atoms with Gasteiger partial charge in [-0.1, -0.05) is 48.9 Å². The lowest BCUT2D eigenvalue weighted by Crippen LogP contribution is -2.41. The van der Waals surface area contributed by atoms with E-state index in [9.17, 15) is 18.8 Å². The maximum atomic E-state index is 14.6. The van der Waals surface area contributed by atoms with Crippen LogP contribution in [0.4, 0.5) is 4.39 Å². The van der Waals surface area contributed by atoms with Gasteiger partial charge in [-0.2, -0.15) is 0 Å². The first-order chi connectivity index (χ1) is 18.0. The topological polar surface area (TPSA) is 108 Å². The highest BCUT2D eigenvalue weighted by molar-refractivity contribution is 6.24. The van der Waals surface area contributed by atoms with Crippen LogP contribution in [0.2, 0.25) is 0 Å². The van der Waals surface area contributed by atoms with Gasteiger partial charge in [0.05, 0.1) is 18.8 Å². The van der Waals surface area contributed by atoms with Crippen LogP contribution in [0.25, 0.3) is 17.7 Å². The number of nitrogens with one attached hydrogen (secondary N) is 2. The molecule has 2 aromatic rings. The van der Waals surface area contributed by atoms with Crippen LogP contribution in [-0.4, -0.2) is 60.7 Å². The van der Waals surface area contributed by atoms with Crippen molar-refractivity contribution in [3.63, 3.8) is 0 Å². The number of ether oxygens (including phenoxy) is 1.